The lowest BCUT2D eigenvalue weighted by Crippen LogP contribution is -2.20. The van der Waals surface area contributed by atoms with Gasteiger partial charge in [0.25, 0.3) is 0 Å². The average Bonchev–Trinajstić information content (AvgIpc) is 2.89. The fraction of sp³-hybridized carbons (Fsp3) is 0.333. The summed E-state index contributed by atoms with van der Waals surface area (Å²) in [7, 11) is 0. The highest BCUT2D eigenvalue weighted by Crippen LogP contribution is 2.32. The van der Waals surface area contributed by atoms with Gasteiger partial charge < -0.3 is 9.84 Å². The van der Waals surface area contributed by atoms with Crippen LogP contribution in [0, 0.1) is 5.82 Å². The lowest BCUT2D eigenvalue weighted by atomic mass is 10.0. The Morgan fingerprint density at radius 1 is 1.38 bits per heavy atom. The van der Waals surface area contributed by atoms with Crippen LogP contribution in [0.5, 0.6) is 0 Å². The number of hydrogen-bond donors (Lipinski definition) is 1. The lowest BCUT2D eigenvalue weighted by molar-refractivity contribution is -0.0385. The van der Waals surface area contributed by atoms with E-state index in [0.717, 1.165) is 25.5 Å². The van der Waals surface area contributed by atoms with Gasteiger partial charge in [-0.15, -0.1) is 0 Å². The molecule has 2 heterocycles. The predicted molar refractivity (Wildman–Crippen MR) is 73.4 cm³/mol. The van der Waals surface area contributed by atoms with E-state index in [2.05, 4.69) is 5.10 Å². The molecule has 2 aromatic rings. The molecule has 0 bridgehead atoms. The molecule has 1 N–H and O–H groups in total. The second-order valence-electron chi connectivity index (χ2n) is 4.96. The monoisotopic (exact) mass is 290 g/mol. The van der Waals surface area contributed by atoms with E-state index in [0.29, 0.717) is 12.2 Å². The lowest BCUT2D eigenvalue weighted by Gasteiger charge is -2.24. The minimum atomic E-state index is -1.10. The molecule has 1 unspecified atom stereocenters. The number of rotatable bonds is 3. The van der Waals surface area contributed by atoms with Crippen LogP contribution in [0.25, 0.3) is 11.3 Å². The third-order valence-electron chi connectivity index (χ3n) is 3.59. The zero-order chi connectivity index (χ0) is 14.8. The molecule has 0 amide bonds. The van der Waals surface area contributed by atoms with Crippen molar-refractivity contribution in [1.29, 1.82) is 0 Å². The first-order valence-corrected chi connectivity index (χ1v) is 6.86. The van der Waals surface area contributed by atoms with Crippen LogP contribution >= 0.6 is 0 Å². The molecule has 1 fully saturated rings. The first-order chi connectivity index (χ1) is 10.2. The summed E-state index contributed by atoms with van der Waals surface area (Å²) in [6.07, 6.45) is 3.45. The van der Waals surface area contributed by atoms with Crippen molar-refractivity contribution in [3.05, 3.63) is 41.8 Å². The number of halogens is 1. The topological polar surface area (TPSA) is 64.3 Å². The summed E-state index contributed by atoms with van der Waals surface area (Å²) in [5.74, 6) is -1.64. The molecule has 1 aromatic carbocycles. The van der Waals surface area contributed by atoms with Gasteiger partial charge >= 0.3 is 5.97 Å². The maximum Gasteiger partial charge on any atom is 0.336 e. The van der Waals surface area contributed by atoms with Crippen LogP contribution in [0.15, 0.2) is 30.5 Å². The third-order valence-corrected chi connectivity index (χ3v) is 3.59. The van der Waals surface area contributed by atoms with Crippen molar-refractivity contribution in [2.75, 3.05) is 6.61 Å². The van der Waals surface area contributed by atoms with Gasteiger partial charge in [0.05, 0.1) is 11.8 Å². The molecule has 21 heavy (non-hydrogen) atoms. The molecule has 6 heteroatoms. The summed E-state index contributed by atoms with van der Waals surface area (Å²) in [5, 5.41) is 13.3. The van der Waals surface area contributed by atoms with Crippen LogP contribution in [0.3, 0.4) is 0 Å². The summed E-state index contributed by atoms with van der Waals surface area (Å²) in [5.41, 5.74) is 0.531. The van der Waals surface area contributed by atoms with Gasteiger partial charge in [-0.3, -0.25) is 0 Å². The van der Waals surface area contributed by atoms with Crippen LogP contribution in [-0.4, -0.2) is 27.5 Å². The van der Waals surface area contributed by atoms with Crippen molar-refractivity contribution in [1.82, 2.24) is 9.78 Å². The molecule has 1 aromatic heterocycles. The molecule has 5 nitrogen and oxygen atoms in total. The maximum atomic E-state index is 14.2. The van der Waals surface area contributed by atoms with Gasteiger partial charge in [-0.2, -0.15) is 5.10 Å². The maximum absolute atomic E-state index is 14.2. The van der Waals surface area contributed by atoms with Gasteiger partial charge in [-0.25, -0.2) is 13.9 Å². The third kappa shape index (κ3) is 2.54. The molecule has 110 valence electrons. The first-order valence-electron chi connectivity index (χ1n) is 6.86. The molecule has 0 saturated carbocycles. The molecule has 0 radical (unpaired) electrons. The Morgan fingerprint density at radius 3 is 2.90 bits per heavy atom. The van der Waals surface area contributed by atoms with E-state index in [1.54, 1.807) is 18.2 Å². The summed E-state index contributed by atoms with van der Waals surface area (Å²) in [6.45, 7) is 0.603. The Kier molecular flexibility index (Phi) is 3.70. The number of aromatic nitrogens is 2. The van der Waals surface area contributed by atoms with Gasteiger partial charge in [-0.05, 0) is 25.3 Å². The Labute approximate surface area is 121 Å². The Balaban J connectivity index is 2.10. The predicted octanol–water partition coefficient (Wildman–Crippen LogP) is 3.09. The molecule has 0 aliphatic carbocycles. The van der Waals surface area contributed by atoms with Gasteiger partial charge in [0, 0.05) is 12.2 Å². The van der Waals surface area contributed by atoms with E-state index in [-0.39, 0.29) is 17.5 Å². The summed E-state index contributed by atoms with van der Waals surface area (Å²) in [6, 6.07) is 6.34. The normalized spacial score (nSPS) is 18.6. The minimum Gasteiger partial charge on any atom is -0.478 e. The van der Waals surface area contributed by atoms with Crippen molar-refractivity contribution in [2.45, 2.75) is 25.5 Å². The number of benzene rings is 1. The number of carboxylic acid groups (broad SMARTS) is 1. The molecule has 1 saturated heterocycles. The smallest absolute Gasteiger partial charge is 0.336 e. The van der Waals surface area contributed by atoms with E-state index in [1.165, 1.54) is 10.7 Å². The summed E-state index contributed by atoms with van der Waals surface area (Å²) >= 11 is 0. The van der Waals surface area contributed by atoms with Crippen molar-refractivity contribution in [3.8, 4) is 11.3 Å². The van der Waals surface area contributed by atoms with Crippen LogP contribution in [0.1, 0.15) is 35.8 Å². The average molecular weight is 290 g/mol. The van der Waals surface area contributed by atoms with Crippen molar-refractivity contribution >= 4 is 5.97 Å². The fourth-order valence-corrected chi connectivity index (χ4v) is 2.60. The van der Waals surface area contributed by atoms with Crippen LogP contribution in [0.2, 0.25) is 0 Å². The highest BCUT2D eigenvalue weighted by Gasteiger charge is 2.25. The van der Waals surface area contributed by atoms with Crippen LogP contribution in [0.4, 0.5) is 4.39 Å². The molecular formula is C15H15FN2O3. The van der Waals surface area contributed by atoms with Crippen molar-refractivity contribution in [3.63, 3.8) is 0 Å². The zero-order valence-electron chi connectivity index (χ0n) is 11.3. The summed E-state index contributed by atoms with van der Waals surface area (Å²) < 4.78 is 21.2. The second-order valence-corrected chi connectivity index (χ2v) is 4.96. The Morgan fingerprint density at radius 2 is 2.19 bits per heavy atom. The summed E-state index contributed by atoms with van der Waals surface area (Å²) in [4.78, 5) is 11.3. The highest BCUT2D eigenvalue weighted by atomic mass is 19.1. The molecule has 1 atom stereocenters. The minimum absolute atomic E-state index is 0.0500. The number of carboxylic acids is 1. The van der Waals surface area contributed by atoms with Gasteiger partial charge in [-0.1, -0.05) is 18.2 Å². The number of hydrogen-bond acceptors (Lipinski definition) is 3. The number of carbonyl (C=O) groups is 1. The molecule has 3 rings (SSSR count). The fourth-order valence-electron chi connectivity index (χ4n) is 2.60. The highest BCUT2D eigenvalue weighted by molar-refractivity contribution is 5.95. The van der Waals surface area contributed by atoms with E-state index < -0.39 is 11.8 Å². The van der Waals surface area contributed by atoms with Gasteiger partial charge in [0.1, 0.15) is 5.69 Å². The zero-order valence-corrected chi connectivity index (χ0v) is 11.3. The van der Waals surface area contributed by atoms with E-state index in [1.807, 2.05) is 0 Å². The van der Waals surface area contributed by atoms with Crippen molar-refractivity contribution in [2.24, 2.45) is 0 Å². The first kappa shape index (κ1) is 13.8. The van der Waals surface area contributed by atoms with Gasteiger partial charge in [0.2, 0.25) is 0 Å². The largest absolute Gasteiger partial charge is 0.478 e. The van der Waals surface area contributed by atoms with Crippen LogP contribution in [-0.2, 0) is 4.74 Å². The standard InChI is InChI=1S/C15H15FN2O3/c16-12-9-17-18(13-7-3-4-8-21-13)14(12)10-5-1-2-6-11(10)15(19)20/h1-2,5-6,9,13H,3-4,7-8H2,(H,19,20). The van der Waals surface area contributed by atoms with E-state index in [4.69, 9.17) is 4.74 Å². The molecule has 1 aliphatic heterocycles. The number of ether oxygens (including phenoxy) is 1. The SMILES string of the molecule is O=C(O)c1ccccc1-c1c(F)cnn1C1CCCCO1. The van der Waals surface area contributed by atoms with Crippen LogP contribution < -0.4 is 0 Å². The van der Waals surface area contributed by atoms with E-state index >= 15 is 0 Å². The van der Waals surface area contributed by atoms with E-state index in [9.17, 15) is 14.3 Å². The Hall–Kier alpha value is -2.21. The molecule has 1 aliphatic rings. The number of nitrogens with zero attached hydrogens (tertiary/aromatic N) is 2. The van der Waals surface area contributed by atoms with Crippen molar-refractivity contribution < 1.29 is 19.0 Å². The Bertz CT molecular complexity index is 663. The van der Waals surface area contributed by atoms with Gasteiger partial charge in [0.15, 0.2) is 12.0 Å². The quantitative estimate of drug-likeness (QED) is 0.943. The molecule has 0 spiro atoms. The second kappa shape index (κ2) is 5.65. The molecular weight excluding hydrogens is 275 g/mol. The number of aromatic carboxylic acids is 1.